The second-order valence-corrected chi connectivity index (χ2v) is 7.38. The number of carbonyl (C=O) groups excluding carboxylic acids is 2. The number of nitro groups is 1. The van der Waals surface area contributed by atoms with Crippen molar-refractivity contribution in [2.75, 3.05) is 41.0 Å². The second-order valence-electron chi connectivity index (χ2n) is 7.38. The van der Waals surface area contributed by atoms with Crippen molar-refractivity contribution in [1.82, 2.24) is 4.90 Å². The molecule has 0 saturated heterocycles. The van der Waals surface area contributed by atoms with E-state index in [0.29, 0.717) is 30.2 Å². The van der Waals surface area contributed by atoms with Crippen LogP contribution in [0.15, 0.2) is 36.4 Å². The molecule has 0 N–H and O–H groups in total. The topological polar surface area (TPSA) is 117 Å². The Labute approximate surface area is 196 Å². The summed E-state index contributed by atoms with van der Waals surface area (Å²) in [6, 6.07) is 7.11. The van der Waals surface area contributed by atoms with Gasteiger partial charge in [-0.2, -0.15) is 0 Å². The van der Waals surface area contributed by atoms with Crippen LogP contribution in [0.2, 0.25) is 0 Å². The molecule has 0 unspecified atom stereocenters. The fraction of sp³-hybridized carbons (Fsp3) is 0.333. The number of nitrogens with zero attached hydrogens (tertiary/aromatic N) is 2. The minimum Gasteiger partial charge on any atom is -0.496 e. The third-order valence-corrected chi connectivity index (χ3v) is 5.42. The summed E-state index contributed by atoms with van der Waals surface area (Å²) in [7, 11) is 4.67. The number of hydrogen-bond acceptors (Lipinski definition) is 8. The molecule has 34 heavy (non-hydrogen) atoms. The quantitative estimate of drug-likeness (QED) is 0.325. The molecule has 0 bridgehead atoms. The summed E-state index contributed by atoms with van der Waals surface area (Å²) in [6.07, 6.45) is 2.39. The number of benzene rings is 2. The van der Waals surface area contributed by atoms with E-state index in [4.69, 9.17) is 18.9 Å². The van der Waals surface area contributed by atoms with Crippen LogP contribution in [-0.2, 0) is 4.74 Å². The number of hydrogen-bond donors (Lipinski definition) is 0. The van der Waals surface area contributed by atoms with Crippen molar-refractivity contribution in [2.45, 2.75) is 13.3 Å². The van der Waals surface area contributed by atoms with Gasteiger partial charge in [-0.3, -0.25) is 14.9 Å². The fourth-order valence-electron chi connectivity index (χ4n) is 3.76. The van der Waals surface area contributed by atoms with E-state index in [-0.39, 0.29) is 30.0 Å². The third-order valence-electron chi connectivity index (χ3n) is 5.42. The van der Waals surface area contributed by atoms with Gasteiger partial charge in [0, 0.05) is 42.9 Å². The molecular formula is C24H26N2O8. The van der Waals surface area contributed by atoms with E-state index >= 15 is 0 Å². The van der Waals surface area contributed by atoms with Crippen LogP contribution in [0.4, 0.5) is 5.69 Å². The number of nitro benzene ring substituents is 1. The van der Waals surface area contributed by atoms with Crippen molar-refractivity contribution >= 4 is 23.1 Å². The van der Waals surface area contributed by atoms with Crippen molar-refractivity contribution in [2.24, 2.45) is 0 Å². The standard InChI is InChI=1S/C24H26N2O8/c1-5-34-24(28)17-10-16(11-18(12-17)26(29)30)23(27)25-8-6-15(7-9-25)22-20(32-3)13-19(31-2)14-21(22)33-4/h6,10-14H,5,7-9H2,1-4H3. The first-order valence-corrected chi connectivity index (χ1v) is 10.6. The van der Waals surface area contributed by atoms with Crippen LogP contribution in [-0.4, -0.2) is 62.7 Å². The van der Waals surface area contributed by atoms with Crippen LogP contribution < -0.4 is 14.2 Å². The molecule has 180 valence electrons. The largest absolute Gasteiger partial charge is 0.496 e. The Balaban J connectivity index is 1.89. The number of non-ortho nitro benzene ring substituents is 1. The van der Waals surface area contributed by atoms with Gasteiger partial charge >= 0.3 is 5.97 Å². The molecule has 1 amide bonds. The SMILES string of the molecule is CCOC(=O)c1cc(C(=O)N2CC=C(c3c(OC)cc(OC)cc3OC)CC2)cc([N+](=O)[O-])c1. The Morgan fingerprint density at radius 1 is 1.00 bits per heavy atom. The first-order chi connectivity index (χ1) is 16.3. The maximum atomic E-state index is 13.1. The minimum absolute atomic E-state index is 0.0413. The normalized spacial score (nSPS) is 13.1. The van der Waals surface area contributed by atoms with Crippen molar-refractivity contribution < 1.29 is 33.5 Å². The summed E-state index contributed by atoms with van der Waals surface area (Å²) < 4.78 is 21.3. The van der Waals surface area contributed by atoms with Gasteiger partial charge in [-0.15, -0.1) is 0 Å². The minimum atomic E-state index is -0.722. The van der Waals surface area contributed by atoms with E-state index in [9.17, 15) is 19.7 Å². The van der Waals surface area contributed by atoms with Crippen LogP contribution in [0.1, 0.15) is 39.6 Å². The summed E-state index contributed by atoms with van der Waals surface area (Å²) in [6.45, 7) is 2.37. The smallest absolute Gasteiger partial charge is 0.338 e. The Morgan fingerprint density at radius 3 is 2.15 bits per heavy atom. The number of carbonyl (C=O) groups is 2. The molecule has 0 radical (unpaired) electrons. The zero-order valence-corrected chi connectivity index (χ0v) is 19.5. The Morgan fingerprint density at radius 2 is 1.65 bits per heavy atom. The lowest BCUT2D eigenvalue weighted by Gasteiger charge is -2.28. The number of esters is 1. The van der Waals surface area contributed by atoms with E-state index in [1.807, 2.05) is 6.08 Å². The van der Waals surface area contributed by atoms with E-state index in [2.05, 4.69) is 0 Å². The highest BCUT2D eigenvalue weighted by Crippen LogP contribution is 2.41. The van der Waals surface area contributed by atoms with Gasteiger partial charge in [0.15, 0.2) is 0 Å². The predicted molar refractivity (Wildman–Crippen MR) is 124 cm³/mol. The molecule has 1 aliphatic heterocycles. The second kappa shape index (κ2) is 10.7. The highest BCUT2D eigenvalue weighted by molar-refractivity contribution is 5.99. The molecule has 0 atom stereocenters. The molecule has 10 heteroatoms. The molecule has 0 aromatic heterocycles. The van der Waals surface area contributed by atoms with Gasteiger partial charge in [-0.1, -0.05) is 6.08 Å². The molecular weight excluding hydrogens is 444 g/mol. The summed E-state index contributed by atoms with van der Waals surface area (Å²) in [5.74, 6) is 0.617. The highest BCUT2D eigenvalue weighted by atomic mass is 16.6. The fourth-order valence-corrected chi connectivity index (χ4v) is 3.76. The monoisotopic (exact) mass is 470 g/mol. The van der Waals surface area contributed by atoms with Gasteiger partial charge in [0.25, 0.3) is 11.6 Å². The lowest BCUT2D eigenvalue weighted by Crippen LogP contribution is -2.34. The summed E-state index contributed by atoms with van der Waals surface area (Å²) in [5, 5.41) is 11.3. The van der Waals surface area contributed by atoms with Gasteiger partial charge in [-0.25, -0.2) is 4.79 Å². The number of rotatable bonds is 8. The summed E-state index contributed by atoms with van der Waals surface area (Å²) in [5.41, 5.74) is 1.37. The molecule has 0 aliphatic carbocycles. The molecule has 2 aromatic carbocycles. The first-order valence-electron chi connectivity index (χ1n) is 10.6. The average Bonchev–Trinajstić information content (AvgIpc) is 2.87. The van der Waals surface area contributed by atoms with Gasteiger partial charge in [0.05, 0.1) is 44.0 Å². The van der Waals surface area contributed by atoms with Gasteiger partial charge in [-0.05, 0) is 25.0 Å². The molecule has 10 nitrogen and oxygen atoms in total. The van der Waals surface area contributed by atoms with E-state index in [1.54, 1.807) is 45.3 Å². The maximum absolute atomic E-state index is 13.1. The van der Waals surface area contributed by atoms with E-state index in [0.717, 1.165) is 17.2 Å². The Bertz CT molecular complexity index is 1120. The lowest BCUT2D eigenvalue weighted by molar-refractivity contribution is -0.384. The van der Waals surface area contributed by atoms with Crippen LogP contribution in [0, 0.1) is 10.1 Å². The highest BCUT2D eigenvalue weighted by Gasteiger charge is 2.26. The van der Waals surface area contributed by atoms with Gasteiger partial charge in [0.1, 0.15) is 17.2 Å². The summed E-state index contributed by atoms with van der Waals surface area (Å²) >= 11 is 0. The van der Waals surface area contributed by atoms with E-state index < -0.39 is 16.8 Å². The van der Waals surface area contributed by atoms with Crippen molar-refractivity contribution in [1.29, 1.82) is 0 Å². The number of ether oxygens (including phenoxy) is 4. The molecule has 0 saturated carbocycles. The molecule has 2 aromatic rings. The zero-order chi connectivity index (χ0) is 24.8. The molecule has 3 rings (SSSR count). The number of methoxy groups -OCH3 is 3. The Kier molecular flexibility index (Phi) is 7.72. The third kappa shape index (κ3) is 5.11. The zero-order valence-electron chi connectivity index (χ0n) is 19.5. The molecule has 0 spiro atoms. The van der Waals surface area contributed by atoms with Gasteiger partial charge in [0.2, 0.25) is 0 Å². The molecule has 1 heterocycles. The lowest BCUT2D eigenvalue weighted by atomic mass is 9.96. The van der Waals surface area contributed by atoms with Crippen molar-refractivity contribution in [3.63, 3.8) is 0 Å². The molecule has 1 aliphatic rings. The van der Waals surface area contributed by atoms with Gasteiger partial charge < -0.3 is 23.8 Å². The van der Waals surface area contributed by atoms with E-state index in [1.165, 1.54) is 12.1 Å². The first kappa shape index (κ1) is 24.6. The van der Waals surface area contributed by atoms with Crippen molar-refractivity contribution in [3.05, 3.63) is 63.2 Å². The average molecular weight is 470 g/mol. The van der Waals surface area contributed by atoms with Crippen LogP contribution in [0.5, 0.6) is 17.2 Å². The number of amides is 1. The summed E-state index contributed by atoms with van der Waals surface area (Å²) in [4.78, 5) is 37.5. The predicted octanol–water partition coefficient (Wildman–Crippen LogP) is 3.73. The Hall–Kier alpha value is -4.08. The van der Waals surface area contributed by atoms with Crippen molar-refractivity contribution in [3.8, 4) is 17.2 Å². The molecule has 0 fully saturated rings. The van der Waals surface area contributed by atoms with Crippen LogP contribution >= 0.6 is 0 Å². The maximum Gasteiger partial charge on any atom is 0.338 e. The van der Waals surface area contributed by atoms with Crippen LogP contribution in [0.3, 0.4) is 0 Å². The van der Waals surface area contributed by atoms with Crippen LogP contribution in [0.25, 0.3) is 5.57 Å².